The van der Waals surface area contributed by atoms with E-state index in [0.29, 0.717) is 30.3 Å². The first kappa shape index (κ1) is 18.5. The van der Waals surface area contributed by atoms with Gasteiger partial charge in [0, 0.05) is 23.9 Å². The lowest BCUT2D eigenvalue weighted by atomic mass is 9.80. The van der Waals surface area contributed by atoms with Crippen molar-refractivity contribution >= 4 is 29.0 Å². The van der Waals surface area contributed by atoms with E-state index in [0.717, 1.165) is 10.4 Å². The Kier molecular flexibility index (Phi) is 4.78. The molecular weight excluding hydrogens is 360 g/mol. The van der Waals surface area contributed by atoms with Crippen LogP contribution < -0.4 is 0 Å². The molecule has 5 nitrogen and oxygen atoms in total. The van der Waals surface area contributed by atoms with Gasteiger partial charge < -0.3 is 14.4 Å². The predicted octanol–water partition coefficient (Wildman–Crippen LogP) is 4.65. The van der Waals surface area contributed by atoms with Crippen LogP contribution in [0.1, 0.15) is 56.9 Å². The summed E-state index contributed by atoms with van der Waals surface area (Å²) in [6, 6.07) is 4.17. The lowest BCUT2D eigenvalue weighted by molar-refractivity contribution is -0.111. The largest absolute Gasteiger partial charge is 0.444 e. The molecule has 0 saturated carbocycles. The van der Waals surface area contributed by atoms with Crippen LogP contribution in [0.2, 0.25) is 4.34 Å². The topological polar surface area (TPSA) is 62.6 Å². The molecular formula is C18H23ClN2O3S. The summed E-state index contributed by atoms with van der Waals surface area (Å²) in [5, 5.41) is 9.37. The lowest BCUT2D eigenvalue weighted by Gasteiger charge is -2.47. The average Bonchev–Trinajstić information content (AvgIpc) is 2.89. The van der Waals surface area contributed by atoms with Gasteiger partial charge in [0.15, 0.2) is 0 Å². The van der Waals surface area contributed by atoms with Gasteiger partial charge >= 0.3 is 6.09 Å². The Morgan fingerprint density at radius 1 is 1.56 bits per heavy atom. The van der Waals surface area contributed by atoms with E-state index in [1.165, 1.54) is 11.3 Å². The third-order valence-electron chi connectivity index (χ3n) is 4.74. The molecule has 3 rings (SSSR count). The van der Waals surface area contributed by atoms with Crippen molar-refractivity contribution in [2.45, 2.75) is 63.7 Å². The summed E-state index contributed by atoms with van der Waals surface area (Å²) in [7, 11) is 0. The fourth-order valence-corrected chi connectivity index (χ4v) is 5.11. The zero-order valence-electron chi connectivity index (χ0n) is 15.0. The van der Waals surface area contributed by atoms with Crippen LogP contribution in [0.5, 0.6) is 0 Å². The number of carbonyl (C=O) groups is 1. The summed E-state index contributed by atoms with van der Waals surface area (Å²) in [5.41, 5.74) is 0.0156. The second-order valence-electron chi connectivity index (χ2n) is 7.80. The number of hydrogen-bond donors (Lipinski definition) is 0. The van der Waals surface area contributed by atoms with Crippen molar-refractivity contribution in [3.05, 3.63) is 20.8 Å². The summed E-state index contributed by atoms with van der Waals surface area (Å²) in [6.07, 6.45) is 1.07. The maximum absolute atomic E-state index is 12.4. The maximum atomic E-state index is 12.4. The van der Waals surface area contributed by atoms with Gasteiger partial charge in [-0.15, -0.1) is 11.3 Å². The second kappa shape index (κ2) is 6.46. The highest BCUT2D eigenvalue weighted by molar-refractivity contribution is 7.16. The Balaban J connectivity index is 1.83. The molecule has 1 aromatic heterocycles. The summed E-state index contributed by atoms with van der Waals surface area (Å²) in [4.78, 5) is 15.3. The number of rotatable bonds is 0. The number of halogens is 1. The maximum Gasteiger partial charge on any atom is 0.410 e. The van der Waals surface area contributed by atoms with Crippen molar-refractivity contribution in [3.8, 4) is 6.07 Å². The van der Waals surface area contributed by atoms with Gasteiger partial charge in [-0.05, 0) is 45.7 Å². The number of piperidine rings is 1. The highest BCUT2D eigenvalue weighted by Gasteiger charge is 2.48. The summed E-state index contributed by atoms with van der Waals surface area (Å²) in [5.74, 6) is -0.274. The number of thiophene rings is 1. The Hall–Kier alpha value is -1.29. The molecule has 0 aromatic carbocycles. The van der Waals surface area contributed by atoms with Crippen LogP contribution in [0.3, 0.4) is 0 Å². The molecule has 0 radical (unpaired) electrons. The van der Waals surface area contributed by atoms with E-state index in [1.54, 1.807) is 4.90 Å². The quantitative estimate of drug-likeness (QED) is 0.655. The van der Waals surface area contributed by atoms with Crippen molar-refractivity contribution < 1.29 is 14.3 Å². The summed E-state index contributed by atoms with van der Waals surface area (Å²) in [6.45, 7) is 8.55. The minimum absolute atomic E-state index is 0.0176. The standard InChI is InChI=1S/C18H23ClN2O3S/c1-11-8-18(5-6-21(11)16(22)24-17(2,3)4)15-13(7-14(19)25-15)12(9-20)10-23-18/h7,11-12H,5-6,8,10H2,1-4H3/t11-,12?,18?/m0/s1. The SMILES string of the molecule is C[C@H]1CC2(CCN1C(=O)OC(C)(C)C)OCC(C#N)c1cc(Cl)sc12. The van der Waals surface area contributed by atoms with Crippen molar-refractivity contribution in [1.29, 1.82) is 5.26 Å². The fraction of sp³-hybridized carbons (Fsp3) is 0.667. The molecule has 136 valence electrons. The zero-order valence-corrected chi connectivity index (χ0v) is 16.5. The molecule has 3 heterocycles. The molecule has 0 bridgehead atoms. The van der Waals surface area contributed by atoms with E-state index in [4.69, 9.17) is 21.1 Å². The van der Waals surface area contributed by atoms with E-state index in [2.05, 4.69) is 6.07 Å². The van der Waals surface area contributed by atoms with Gasteiger partial charge in [0.1, 0.15) is 11.2 Å². The Bertz CT molecular complexity index is 721. The van der Waals surface area contributed by atoms with Crippen molar-refractivity contribution in [3.63, 3.8) is 0 Å². The third kappa shape index (κ3) is 3.51. The smallest absolute Gasteiger partial charge is 0.410 e. The van der Waals surface area contributed by atoms with Gasteiger partial charge in [-0.2, -0.15) is 5.26 Å². The van der Waals surface area contributed by atoms with E-state index in [9.17, 15) is 10.1 Å². The van der Waals surface area contributed by atoms with Crippen molar-refractivity contribution in [1.82, 2.24) is 4.90 Å². The number of ether oxygens (including phenoxy) is 2. The lowest BCUT2D eigenvalue weighted by Crippen LogP contribution is -2.53. The zero-order chi connectivity index (χ0) is 18.4. The molecule has 7 heteroatoms. The highest BCUT2D eigenvalue weighted by Crippen LogP contribution is 2.50. The molecule has 0 N–H and O–H groups in total. The van der Waals surface area contributed by atoms with E-state index in [-0.39, 0.29) is 18.1 Å². The molecule has 1 saturated heterocycles. The number of nitriles is 1. The Morgan fingerprint density at radius 2 is 2.28 bits per heavy atom. The Morgan fingerprint density at radius 3 is 2.88 bits per heavy atom. The van der Waals surface area contributed by atoms with Gasteiger partial charge in [-0.1, -0.05) is 11.6 Å². The molecule has 1 amide bonds. The van der Waals surface area contributed by atoms with Gasteiger partial charge in [0.05, 0.1) is 22.9 Å². The van der Waals surface area contributed by atoms with Crippen molar-refractivity contribution in [2.75, 3.05) is 13.2 Å². The first-order chi connectivity index (χ1) is 11.6. The monoisotopic (exact) mass is 382 g/mol. The van der Waals surface area contributed by atoms with Crippen LogP contribution in [0, 0.1) is 11.3 Å². The van der Waals surface area contributed by atoms with Crippen LogP contribution in [0.4, 0.5) is 4.79 Å². The molecule has 1 spiro atoms. The molecule has 2 aliphatic heterocycles. The minimum atomic E-state index is -0.512. The van der Waals surface area contributed by atoms with Gasteiger partial charge in [-0.3, -0.25) is 0 Å². The highest BCUT2D eigenvalue weighted by atomic mass is 35.5. The van der Waals surface area contributed by atoms with Crippen LogP contribution >= 0.6 is 22.9 Å². The van der Waals surface area contributed by atoms with Gasteiger partial charge in [-0.25, -0.2) is 4.79 Å². The number of nitrogens with zero attached hydrogens (tertiary/aromatic N) is 2. The van der Waals surface area contributed by atoms with Gasteiger partial charge in [0.2, 0.25) is 0 Å². The molecule has 1 aromatic rings. The molecule has 2 aliphatic rings. The van der Waals surface area contributed by atoms with Crippen LogP contribution in [-0.4, -0.2) is 35.8 Å². The van der Waals surface area contributed by atoms with Gasteiger partial charge in [0.25, 0.3) is 0 Å². The Labute approximate surface area is 157 Å². The number of fused-ring (bicyclic) bond motifs is 2. The average molecular weight is 383 g/mol. The third-order valence-corrected chi connectivity index (χ3v) is 6.21. The minimum Gasteiger partial charge on any atom is -0.444 e. The summed E-state index contributed by atoms with van der Waals surface area (Å²) < 4.78 is 12.4. The van der Waals surface area contributed by atoms with Crippen LogP contribution in [0.25, 0.3) is 0 Å². The number of carbonyl (C=O) groups excluding carboxylic acids is 1. The number of likely N-dealkylation sites (tertiary alicyclic amines) is 1. The van der Waals surface area contributed by atoms with Crippen molar-refractivity contribution in [2.24, 2.45) is 0 Å². The molecule has 25 heavy (non-hydrogen) atoms. The summed E-state index contributed by atoms with van der Waals surface area (Å²) >= 11 is 7.72. The molecule has 3 atom stereocenters. The van der Waals surface area contributed by atoms with E-state index >= 15 is 0 Å². The molecule has 0 aliphatic carbocycles. The predicted molar refractivity (Wildman–Crippen MR) is 96.9 cm³/mol. The van der Waals surface area contributed by atoms with E-state index < -0.39 is 11.2 Å². The number of hydrogen-bond acceptors (Lipinski definition) is 5. The van der Waals surface area contributed by atoms with Crippen LogP contribution in [-0.2, 0) is 15.1 Å². The fourth-order valence-electron chi connectivity index (χ4n) is 3.63. The van der Waals surface area contributed by atoms with E-state index in [1.807, 2.05) is 33.8 Å². The second-order valence-corrected chi connectivity index (χ2v) is 9.48. The number of amides is 1. The molecule has 2 unspecified atom stereocenters. The first-order valence-corrected chi connectivity index (χ1v) is 9.67. The van der Waals surface area contributed by atoms with Crippen LogP contribution in [0.15, 0.2) is 6.07 Å². The molecule has 1 fully saturated rings. The first-order valence-electron chi connectivity index (χ1n) is 8.48. The normalized spacial score (nSPS) is 29.2.